The smallest absolute Gasteiger partial charge is 0.297 e. The van der Waals surface area contributed by atoms with E-state index in [-0.39, 0.29) is 11.5 Å². The highest BCUT2D eigenvalue weighted by Crippen LogP contribution is 2.37. The summed E-state index contributed by atoms with van der Waals surface area (Å²) in [7, 11) is -1.19. The van der Waals surface area contributed by atoms with Crippen molar-refractivity contribution in [1.82, 2.24) is 0 Å². The molecule has 0 aliphatic carbocycles. The number of rotatable bonds is 6. The fourth-order valence-corrected chi connectivity index (χ4v) is 4.87. The first-order valence-electron chi connectivity index (χ1n) is 9.96. The lowest BCUT2D eigenvalue weighted by atomic mass is 9.97. The first-order valence-corrected chi connectivity index (χ1v) is 11.4. The lowest BCUT2D eigenvalue weighted by molar-refractivity contribution is -0.356. The SMILES string of the molecule is CO[C@H]1O[C@@H]2COC(c3ccccc3)O[C@H]2[C@@H](OS(=O)(=O)c2ccc(C)cc2)[C@@H]1OC. The van der Waals surface area contributed by atoms with Gasteiger partial charge in [-0.1, -0.05) is 48.0 Å². The van der Waals surface area contributed by atoms with Crippen molar-refractivity contribution in [1.29, 1.82) is 0 Å². The zero-order chi connectivity index (χ0) is 22.0. The topological polar surface area (TPSA) is 89.5 Å². The minimum atomic E-state index is -4.10. The number of methoxy groups -OCH3 is 2. The summed E-state index contributed by atoms with van der Waals surface area (Å²) in [6.45, 7) is 2.06. The van der Waals surface area contributed by atoms with Gasteiger partial charge in [-0.15, -0.1) is 0 Å². The zero-order valence-corrected chi connectivity index (χ0v) is 18.4. The maximum absolute atomic E-state index is 13.0. The molecule has 2 aromatic rings. The second-order valence-electron chi connectivity index (χ2n) is 7.48. The van der Waals surface area contributed by atoms with Gasteiger partial charge in [0.15, 0.2) is 12.6 Å². The monoisotopic (exact) mass is 450 g/mol. The summed E-state index contributed by atoms with van der Waals surface area (Å²) < 4.78 is 60.6. The molecule has 0 spiro atoms. The van der Waals surface area contributed by atoms with Gasteiger partial charge in [-0.3, -0.25) is 4.18 Å². The van der Waals surface area contributed by atoms with E-state index in [2.05, 4.69) is 0 Å². The van der Waals surface area contributed by atoms with E-state index < -0.39 is 47.1 Å². The van der Waals surface area contributed by atoms with Crippen LogP contribution in [-0.2, 0) is 38.0 Å². The molecule has 6 atom stereocenters. The molecule has 2 heterocycles. The number of hydrogen-bond acceptors (Lipinski definition) is 8. The number of hydrogen-bond donors (Lipinski definition) is 0. The van der Waals surface area contributed by atoms with Gasteiger partial charge in [0, 0.05) is 19.8 Å². The minimum absolute atomic E-state index is 0.0524. The Morgan fingerprint density at radius 3 is 2.26 bits per heavy atom. The van der Waals surface area contributed by atoms with Gasteiger partial charge < -0.3 is 23.7 Å². The van der Waals surface area contributed by atoms with Gasteiger partial charge in [-0.25, -0.2) is 0 Å². The summed E-state index contributed by atoms with van der Waals surface area (Å²) in [6, 6.07) is 15.8. The van der Waals surface area contributed by atoms with Gasteiger partial charge in [0.1, 0.15) is 24.4 Å². The number of aryl methyl sites for hydroxylation is 1. The zero-order valence-electron chi connectivity index (χ0n) is 17.5. The van der Waals surface area contributed by atoms with Crippen LogP contribution in [0.25, 0.3) is 0 Å². The highest BCUT2D eigenvalue weighted by atomic mass is 32.2. The van der Waals surface area contributed by atoms with Crippen LogP contribution in [0.3, 0.4) is 0 Å². The Morgan fingerprint density at radius 2 is 1.61 bits per heavy atom. The van der Waals surface area contributed by atoms with Crippen LogP contribution in [0.4, 0.5) is 0 Å². The quantitative estimate of drug-likeness (QED) is 0.621. The molecule has 4 rings (SSSR count). The molecule has 2 fully saturated rings. The second-order valence-corrected chi connectivity index (χ2v) is 9.06. The Kier molecular flexibility index (Phi) is 6.73. The fourth-order valence-electron chi connectivity index (χ4n) is 3.78. The molecule has 2 aromatic carbocycles. The van der Waals surface area contributed by atoms with Crippen LogP contribution >= 0.6 is 0 Å². The summed E-state index contributed by atoms with van der Waals surface area (Å²) in [5.41, 5.74) is 1.75. The van der Waals surface area contributed by atoms with Gasteiger partial charge in [0.05, 0.1) is 11.5 Å². The number of fused-ring (bicyclic) bond motifs is 1. The van der Waals surface area contributed by atoms with E-state index >= 15 is 0 Å². The van der Waals surface area contributed by atoms with Crippen LogP contribution < -0.4 is 0 Å². The molecule has 2 aliphatic heterocycles. The van der Waals surface area contributed by atoms with Crippen LogP contribution in [-0.4, -0.2) is 60.0 Å². The molecule has 0 bridgehead atoms. The average molecular weight is 451 g/mol. The van der Waals surface area contributed by atoms with E-state index in [1.807, 2.05) is 37.3 Å². The van der Waals surface area contributed by atoms with Gasteiger partial charge in [0.25, 0.3) is 10.1 Å². The van der Waals surface area contributed by atoms with Crippen LogP contribution in [0.5, 0.6) is 0 Å². The van der Waals surface area contributed by atoms with Crippen molar-refractivity contribution < 1.29 is 36.3 Å². The molecular weight excluding hydrogens is 424 g/mol. The number of ether oxygens (including phenoxy) is 5. The molecule has 9 heteroatoms. The summed E-state index contributed by atoms with van der Waals surface area (Å²) >= 11 is 0. The predicted octanol–water partition coefficient (Wildman–Crippen LogP) is 2.57. The van der Waals surface area contributed by atoms with Gasteiger partial charge in [-0.2, -0.15) is 8.42 Å². The lowest BCUT2D eigenvalue weighted by Gasteiger charge is -2.47. The van der Waals surface area contributed by atoms with Gasteiger partial charge in [0.2, 0.25) is 0 Å². The molecule has 1 unspecified atom stereocenters. The normalized spacial score (nSPS) is 31.2. The van der Waals surface area contributed by atoms with Crippen molar-refractivity contribution in [3.05, 3.63) is 65.7 Å². The van der Waals surface area contributed by atoms with E-state index in [1.54, 1.807) is 12.1 Å². The largest absolute Gasteiger partial charge is 0.373 e. The van der Waals surface area contributed by atoms with Crippen molar-refractivity contribution in [2.24, 2.45) is 0 Å². The van der Waals surface area contributed by atoms with E-state index in [9.17, 15) is 8.42 Å². The standard InChI is InChI=1S/C22H26O8S/c1-14-9-11-16(12-10-14)31(23,24)30-19-18-17(28-22(26-3)20(19)25-2)13-27-21(29-18)15-7-5-4-6-8-15/h4-12,17-22H,13H2,1-3H3/t17-,18-,19-,20+,21?,22+/m1/s1. The van der Waals surface area contributed by atoms with Crippen molar-refractivity contribution in [2.75, 3.05) is 20.8 Å². The number of benzene rings is 2. The summed E-state index contributed by atoms with van der Waals surface area (Å²) in [4.78, 5) is 0.0524. The van der Waals surface area contributed by atoms with Crippen LogP contribution in [0.2, 0.25) is 0 Å². The van der Waals surface area contributed by atoms with E-state index in [4.69, 9.17) is 27.9 Å². The van der Waals surface area contributed by atoms with E-state index in [0.717, 1.165) is 11.1 Å². The molecule has 0 aromatic heterocycles. The van der Waals surface area contributed by atoms with Crippen molar-refractivity contribution in [3.8, 4) is 0 Å². The Morgan fingerprint density at radius 1 is 0.903 bits per heavy atom. The molecule has 2 saturated heterocycles. The fraction of sp³-hybridized carbons (Fsp3) is 0.455. The van der Waals surface area contributed by atoms with E-state index in [1.165, 1.54) is 26.4 Å². The molecule has 0 radical (unpaired) electrons. The Hall–Kier alpha value is -1.85. The van der Waals surface area contributed by atoms with E-state index in [0.29, 0.717) is 0 Å². The Balaban J connectivity index is 1.64. The highest BCUT2D eigenvalue weighted by Gasteiger charge is 2.53. The summed E-state index contributed by atoms with van der Waals surface area (Å²) in [6.07, 6.45) is -4.71. The molecule has 0 amide bonds. The Bertz CT molecular complexity index is 963. The molecular formula is C22H26O8S. The van der Waals surface area contributed by atoms with Crippen LogP contribution in [0, 0.1) is 6.92 Å². The molecule has 0 N–H and O–H groups in total. The van der Waals surface area contributed by atoms with Crippen molar-refractivity contribution >= 4 is 10.1 Å². The molecule has 0 saturated carbocycles. The first kappa shape index (κ1) is 22.3. The first-order chi connectivity index (χ1) is 14.9. The highest BCUT2D eigenvalue weighted by molar-refractivity contribution is 7.86. The second kappa shape index (κ2) is 9.33. The minimum Gasteiger partial charge on any atom is -0.373 e. The maximum Gasteiger partial charge on any atom is 0.297 e. The van der Waals surface area contributed by atoms with Crippen molar-refractivity contribution in [3.63, 3.8) is 0 Å². The van der Waals surface area contributed by atoms with Crippen LogP contribution in [0.1, 0.15) is 17.4 Å². The third-order valence-electron chi connectivity index (χ3n) is 5.41. The molecule has 8 nitrogen and oxygen atoms in total. The average Bonchev–Trinajstić information content (AvgIpc) is 2.79. The summed E-state index contributed by atoms with van der Waals surface area (Å²) in [5, 5.41) is 0. The molecule has 2 aliphatic rings. The molecule has 168 valence electrons. The van der Waals surface area contributed by atoms with Gasteiger partial charge in [-0.05, 0) is 19.1 Å². The van der Waals surface area contributed by atoms with Crippen molar-refractivity contribution in [2.45, 2.75) is 48.8 Å². The lowest BCUT2D eigenvalue weighted by Crippen LogP contribution is -2.63. The molecule has 31 heavy (non-hydrogen) atoms. The third-order valence-corrected chi connectivity index (χ3v) is 6.73. The maximum atomic E-state index is 13.0. The predicted molar refractivity (Wildman–Crippen MR) is 110 cm³/mol. The third kappa shape index (κ3) is 4.68. The Labute approximate surface area is 182 Å². The van der Waals surface area contributed by atoms with Gasteiger partial charge >= 0.3 is 0 Å². The summed E-state index contributed by atoms with van der Waals surface area (Å²) in [5.74, 6) is 0. The van der Waals surface area contributed by atoms with Crippen LogP contribution in [0.15, 0.2) is 59.5 Å².